The Hall–Kier alpha value is -1.62. The van der Waals surface area contributed by atoms with Gasteiger partial charge in [0.15, 0.2) is 0 Å². The zero-order valence-electron chi connectivity index (χ0n) is 8.65. The molecule has 0 bridgehead atoms. The molecule has 1 aromatic rings. The molecule has 1 heterocycles. The summed E-state index contributed by atoms with van der Waals surface area (Å²) in [4.78, 5) is 13.4. The van der Waals surface area contributed by atoms with Crippen LogP contribution in [0.5, 0.6) is 5.75 Å². The summed E-state index contributed by atoms with van der Waals surface area (Å²) in [5, 5.41) is 9.47. The molecule has 0 radical (unpaired) electrons. The van der Waals surface area contributed by atoms with E-state index in [2.05, 4.69) is 0 Å². The van der Waals surface area contributed by atoms with Crippen molar-refractivity contribution in [2.24, 2.45) is 0 Å². The van der Waals surface area contributed by atoms with Crippen LogP contribution in [-0.2, 0) is 4.74 Å². The molecule has 1 aliphatic heterocycles. The molecule has 86 valence electrons. The number of phenolic OH excluding ortho intramolecular Hbond substituents is 1. The van der Waals surface area contributed by atoms with Crippen molar-refractivity contribution < 1.29 is 19.0 Å². The van der Waals surface area contributed by atoms with Gasteiger partial charge in [0, 0.05) is 13.1 Å². The normalized spacial score (nSPS) is 16.2. The molecule has 0 spiro atoms. The number of phenols is 1. The van der Waals surface area contributed by atoms with Crippen LogP contribution in [0.4, 0.5) is 4.39 Å². The first-order valence-corrected chi connectivity index (χ1v) is 5.04. The Morgan fingerprint density at radius 1 is 1.38 bits per heavy atom. The highest BCUT2D eigenvalue weighted by Crippen LogP contribution is 2.21. The molecular formula is C11H12FNO3. The van der Waals surface area contributed by atoms with Gasteiger partial charge in [-0.25, -0.2) is 4.39 Å². The van der Waals surface area contributed by atoms with Crippen LogP contribution < -0.4 is 0 Å². The molecule has 0 unspecified atom stereocenters. The van der Waals surface area contributed by atoms with Gasteiger partial charge in [-0.15, -0.1) is 0 Å². The van der Waals surface area contributed by atoms with Crippen molar-refractivity contribution in [1.82, 2.24) is 4.90 Å². The topological polar surface area (TPSA) is 49.8 Å². The number of benzene rings is 1. The third kappa shape index (κ3) is 1.99. The van der Waals surface area contributed by atoms with E-state index in [9.17, 15) is 14.3 Å². The number of nitrogens with zero attached hydrogens (tertiary/aromatic N) is 1. The number of carbonyl (C=O) groups is 1. The van der Waals surface area contributed by atoms with Crippen LogP contribution in [-0.4, -0.2) is 42.2 Å². The number of morpholine rings is 1. The summed E-state index contributed by atoms with van der Waals surface area (Å²) < 4.78 is 18.5. The van der Waals surface area contributed by atoms with Gasteiger partial charge in [-0.2, -0.15) is 0 Å². The maximum Gasteiger partial charge on any atom is 0.260 e. The smallest absolute Gasteiger partial charge is 0.260 e. The third-order valence-corrected chi connectivity index (χ3v) is 2.50. The highest BCUT2D eigenvalue weighted by Gasteiger charge is 2.23. The van der Waals surface area contributed by atoms with E-state index in [0.29, 0.717) is 26.3 Å². The first kappa shape index (κ1) is 10.9. The average Bonchev–Trinajstić information content (AvgIpc) is 2.30. The van der Waals surface area contributed by atoms with Crippen molar-refractivity contribution in [2.75, 3.05) is 26.3 Å². The first-order valence-electron chi connectivity index (χ1n) is 5.04. The number of carbonyl (C=O) groups excluding carboxylic acids is 1. The largest absolute Gasteiger partial charge is 0.507 e. The summed E-state index contributed by atoms with van der Waals surface area (Å²) in [6, 6.07) is 3.82. The fourth-order valence-electron chi connectivity index (χ4n) is 1.65. The quantitative estimate of drug-likeness (QED) is 0.775. The molecular weight excluding hydrogens is 213 g/mol. The third-order valence-electron chi connectivity index (χ3n) is 2.50. The Balaban J connectivity index is 2.26. The Labute approximate surface area is 92.2 Å². The van der Waals surface area contributed by atoms with E-state index in [1.165, 1.54) is 17.0 Å². The Bertz CT molecular complexity index is 382. The van der Waals surface area contributed by atoms with Crippen molar-refractivity contribution in [2.45, 2.75) is 0 Å². The zero-order chi connectivity index (χ0) is 11.5. The number of aromatic hydroxyl groups is 1. The van der Waals surface area contributed by atoms with Crippen molar-refractivity contribution in [1.29, 1.82) is 0 Å². The predicted molar refractivity (Wildman–Crippen MR) is 54.8 cm³/mol. The number of ether oxygens (including phenoxy) is 1. The van der Waals surface area contributed by atoms with Crippen molar-refractivity contribution in [3.05, 3.63) is 29.6 Å². The second-order valence-corrected chi connectivity index (χ2v) is 3.54. The van der Waals surface area contributed by atoms with E-state index in [-0.39, 0.29) is 11.3 Å². The Morgan fingerprint density at radius 2 is 2.06 bits per heavy atom. The zero-order valence-corrected chi connectivity index (χ0v) is 8.65. The van der Waals surface area contributed by atoms with Gasteiger partial charge in [-0.05, 0) is 12.1 Å². The summed E-state index contributed by atoms with van der Waals surface area (Å²) in [6.45, 7) is 1.74. The van der Waals surface area contributed by atoms with Crippen LogP contribution in [0.1, 0.15) is 10.4 Å². The van der Waals surface area contributed by atoms with Crippen LogP contribution in [0, 0.1) is 5.82 Å². The molecule has 16 heavy (non-hydrogen) atoms. The second kappa shape index (κ2) is 4.49. The maximum atomic E-state index is 13.4. The summed E-state index contributed by atoms with van der Waals surface area (Å²) >= 11 is 0. The molecule has 0 aromatic heterocycles. The van der Waals surface area contributed by atoms with Gasteiger partial charge in [-0.3, -0.25) is 4.79 Å². The highest BCUT2D eigenvalue weighted by molar-refractivity contribution is 5.97. The molecule has 1 saturated heterocycles. The predicted octanol–water partition coefficient (Wildman–Crippen LogP) is 1.00. The highest BCUT2D eigenvalue weighted by atomic mass is 19.1. The second-order valence-electron chi connectivity index (χ2n) is 3.54. The molecule has 4 nitrogen and oxygen atoms in total. The van der Waals surface area contributed by atoms with E-state index >= 15 is 0 Å². The van der Waals surface area contributed by atoms with E-state index in [1.54, 1.807) is 0 Å². The molecule has 1 amide bonds. The lowest BCUT2D eigenvalue weighted by atomic mass is 10.1. The van der Waals surface area contributed by atoms with Gasteiger partial charge in [-0.1, -0.05) is 6.07 Å². The van der Waals surface area contributed by atoms with E-state index in [1.807, 2.05) is 0 Å². The van der Waals surface area contributed by atoms with Crippen LogP contribution in [0.15, 0.2) is 18.2 Å². The number of amides is 1. The van der Waals surface area contributed by atoms with Gasteiger partial charge < -0.3 is 14.7 Å². The summed E-state index contributed by atoms with van der Waals surface area (Å²) in [5.74, 6) is -1.51. The van der Waals surface area contributed by atoms with Gasteiger partial charge in [0.1, 0.15) is 17.1 Å². The molecule has 5 heteroatoms. The molecule has 2 rings (SSSR count). The summed E-state index contributed by atoms with van der Waals surface area (Å²) in [7, 11) is 0. The van der Waals surface area contributed by atoms with E-state index in [4.69, 9.17) is 4.74 Å². The lowest BCUT2D eigenvalue weighted by Crippen LogP contribution is -2.41. The number of hydrogen-bond donors (Lipinski definition) is 1. The van der Waals surface area contributed by atoms with Gasteiger partial charge in [0.2, 0.25) is 0 Å². The van der Waals surface area contributed by atoms with Gasteiger partial charge in [0.05, 0.1) is 13.2 Å². The number of hydrogen-bond acceptors (Lipinski definition) is 3. The van der Waals surface area contributed by atoms with Gasteiger partial charge in [0.25, 0.3) is 5.91 Å². The minimum Gasteiger partial charge on any atom is -0.507 e. The average molecular weight is 225 g/mol. The lowest BCUT2D eigenvalue weighted by molar-refractivity contribution is 0.0298. The van der Waals surface area contributed by atoms with Gasteiger partial charge >= 0.3 is 0 Å². The summed E-state index contributed by atoms with van der Waals surface area (Å²) in [5.41, 5.74) is -0.260. The van der Waals surface area contributed by atoms with Crippen LogP contribution in [0.2, 0.25) is 0 Å². The molecule has 1 aliphatic rings. The molecule has 0 saturated carbocycles. The van der Waals surface area contributed by atoms with Crippen molar-refractivity contribution >= 4 is 5.91 Å². The van der Waals surface area contributed by atoms with E-state index < -0.39 is 11.7 Å². The molecule has 0 aliphatic carbocycles. The van der Waals surface area contributed by atoms with Crippen LogP contribution in [0.3, 0.4) is 0 Å². The Kier molecular flexibility index (Phi) is 3.05. The molecule has 1 fully saturated rings. The van der Waals surface area contributed by atoms with Crippen LogP contribution >= 0.6 is 0 Å². The molecule has 0 atom stereocenters. The first-order chi connectivity index (χ1) is 7.70. The van der Waals surface area contributed by atoms with Crippen LogP contribution in [0.25, 0.3) is 0 Å². The van der Waals surface area contributed by atoms with E-state index in [0.717, 1.165) is 6.07 Å². The van der Waals surface area contributed by atoms with Crippen molar-refractivity contribution in [3.63, 3.8) is 0 Å². The summed E-state index contributed by atoms with van der Waals surface area (Å²) in [6.07, 6.45) is 0. The molecule has 1 aromatic carbocycles. The Morgan fingerprint density at radius 3 is 2.69 bits per heavy atom. The number of halogens is 1. The van der Waals surface area contributed by atoms with Crippen molar-refractivity contribution in [3.8, 4) is 5.75 Å². The lowest BCUT2D eigenvalue weighted by Gasteiger charge is -2.27. The maximum absolute atomic E-state index is 13.4. The minimum absolute atomic E-state index is 0.260. The monoisotopic (exact) mass is 225 g/mol. The fourth-order valence-corrected chi connectivity index (χ4v) is 1.65. The molecule has 1 N–H and O–H groups in total. The standard InChI is InChI=1S/C11H12FNO3/c12-8-2-1-3-9(14)10(8)11(15)13-4-6-16-7-5-13/h1-3,14H,4-7H2. The SMILES string of the molecule is O=C(c1c(O)cccc1F)N1CCOCC1. The minimum atomic E-state index is -0.698. The number of rotatable bonds is 1. The fraction of sp³-hybridized carbons (Fsp3) is 0.364.